The molecule has 1 heterocycles. The number of nitro groups is 1. The summed E-state index contributed by atoms with van der Waals surface area (Å²) in [6.07, 6.45) is 3.39. The predicted octanol–water partition coefficient (Wildman–Crippen LogP) is 1.22. The van der Waals surface area contributed by atoms with E-state index in [1.165, 1.54) is 0 Å². The zero-order valence-electron chi connectivity index (χ0n) is 6.62. The fourth-order valence-electron chi connectivity index (χ4n) is 1.30. The monoisotopic (exact) mass is 156 g/mol. The zero-order chi connectivity index (χ0) is 8.27. The zero-order valence-corrected chi connectivity index (χ0v) is 6.62. The lowest BCUT2D eigenvalue weighted by Gasteiger charge is -2.14. The predicted molar refractivity (Wildman–Crippen MR) is 41.6 cm³/mol. The molecule has 1 rings (SSSR count). The first-order valence-corrected chi connectivity index (χ1v) is 3.77. The van der Waals surface area contributed by atoms with Gasteiger partial charge in [0.05, 0.1) is 10.6 Å². The molecule has 1 fully saturated rings. The lowest BCUT2D eigenvalue weighted by molar-refractivity contribution is -0.404. The minimum absolute atomic E-state index is 0.395. The molecule has 0 spiro atoms. The molecule has 0 bridgehead atoms. The maximum absolute atomic E-state index is 10.1. The van der Waals surface area contributed by atoms with E-state index in [-0.39, 0.29) is 0 Å². The Kier molecular flexibility index (Phi) is 2.46. The average molecular weight is 156 g/mol. The molecule has 62 valence electrons. The van der Waals surface area contributed by atoms with E-state index in [1.807, 2.05) is 4.90 Å². The van der Waals surface area contributed by atoms with Crippen LogP contribution in [0.15, 0.2) is 11.9 Å². The third kappa shape index (κ3) is 2.22. The van der Waals surface area contributed by atoms with Crippen LogP contribution in [0.5, 0.6) is 0 Å². The van der Waals surface area contributed by atoms with E-state index in [0.717, 1.165) is 37.8 Å². The minimum atomic E-state index is -0.395. The molecular weight excluding hydrogens is 144 g/mol. The standard InChI is InChI=1S/C7H12N2O2/c1-7(6-9(10)11)8-4-2-3-5-8/h6H,2-5H2,1H3/b7-6+. The average Bonchev–Trinajstić information content (AvgIpc) is 2.35. The van der Waals surface area contributed by atoms with Gasteiger partial charge in [0.2, 0.25) is 0 Å². The second-order valence-electron chi connectivity index (χ2n) is 2.75. The summed E-state index contributed by atoms with van der Waals surface area (Å²) in [5, 5.41) is 10.1. The molecule has 0 radical (unpaired) electrons. The normalized spacial score (nSPS) is 19.0. The van der Waals surface area contributed by atoms with E-state index in [4.69, 9.17) is 0 Å². The Bertz CT molecular complexity index is 183. The highest BCUT2D eigenvalue weighted by molar-refractivity contribution is 4.94. The number of allylic oxidation sites excluding steroid dienone is 1. The summed E-state index contributed by atoms with van der Waals surface area (Å²) in [5.74, 6) is 0. The quantitative estimate of drug-likeness (QED) is 0.446. The molecule has 0 saturated carbocycles. The van der Waals surface area contributed by atoms with Crippen LogP contribution >= 0.6 is 0 Å². The van der Waals surface area contributed by atoms with E-state index < -0.39 is 4.92 Å². The largest absolute Gasteiger partial charge is 0.370 e. The highest BCUT2D eigenvalue weighted by atomic mass is 16.6. The minimum Gasteiger partial charge on any atom is -0.370 e. The molecule has 0 aromatic carbocycles. The number of hydrogen-bond donors (Lipinski definition) is 0. The fourth-order valence-corrected chi connectivity index (χ4v) is 1.30. The van der Waals surface area contributed by atoms with Crippen molar-refractivity contribution in [2.45, 2.75) is 19.8 Å². The molecular formula is C7H12N2O2. The summed E-state index contributed by atoms with van der Waals surface area (Å²) < 4.78 is 0. The van der Waals surface area contributed by atoms with Gasteiger partial charge in [0, 0.05) is 13.1 Å². The van der Waals surface area contributed by atoms with Gasteiger partial charge in [-0.25, -0.2) is 0 Å². The Labute approximate surface area is 65.6 Å². The van der Waals surface area contributed by atoms with E-state index >= 15 is 0 Å². The molecule has 0 aliphatic carbocycles. The second kappa shape index (κ2) is 3.37. The van der Waals surface area contributed by atoms with Crippen molar-refractivity contribution in [1.29, 1.82) is 0 Å². The molecule has 0 unspecified atom stereocenters. The summed E-state index contributed by atoms with van der Waals surface area (Å²) in [4.78, 5) is 11.7. The molecule has 4 heteroatoms. The summed E-state index contributed by atoms with van der Waals surface area (Å²) in [5.41, 5.74) is 0.771. The molecule has 1 aliphatic rings. The number of nitrogens with zero attached hydrogens (tertiary/aromatic N) is 2. The molecule has 0 atom stereocenters. The van der Waals surface area contributed by atoms with Gasteiger partial charge in [-0.3, -0.25) is 10.1 Å². The molecule has 1 saturated heterocycles. The highest BCUT2D eigenvalue weighted by Gasteiger charge is 2.13. The van der Waals surface area contributed by atoms with Gasteiger partial charge in [0.25, 0.3) is 6.20 Å². The summed E-state index contributed by atoms with van der Waals surface area (Å²) in [6.45, 7) is 3.72. The number of rotatable bonds is 2. The lowest BCUT2D eigenvalue weighted by atomic mass is 10.4. The molecule has 1 aliphatic heterocycles. The van der Waals surface area contributed by atoms with E-state index in [9.17, 15) is 10.1 Å². The molecule has 0 N–H and O–H groups in total. The van der Waals surface area contributed by atoms with Crippen molar-refractivity contribution in [3.05, 3.63) is 22.0 Å². The molecule has 0 aromatic heterocycles. The summed E-state index contributed by atoms with van der Waals surface area (Å²) >= 11 is 0. The van der Waals surface area contributed by atoms with Crippen LogP contribution in [-0.4, -0.2) is 22.9 Å². The SMILES string of the molecule is C/C(=C\[N+](=O)[O-])N1CCCC1. The Morgan fingerprint density at radius 2 is 2.09 bits per heavy atom. The van der Waals surface area contributed by atoms with Crippen molar-refractivity contribution in [1.82, 2.24) is 4.90 Å². The second-order valence-corrected chi connectivity index (χ2v) is 2.75. The number of hydrogen-bond acceptors (Lipinski definition) is 3. The van der Waals surface area contributed by atoms with Crippen LogP contribution in [0.25, 0.3) is 0 Å². The topological polar surface area (TPSA) is 46.4 Å². The molecule has 0 aromatic rings. The van der Waals surface area contributed by atoms with Crippen LogP contribution < -0.4 is 0 Å². The maximum Gasteiger partial charge on any atom is 0.253 e. The van der Waals surface area contributed by atoms with Gasteiger partial charge in [-0.1, -0.05) is 0 Å². The van der Waals surface area contributed by atoms with Crippen molar-refractivity contribution < 1.29 is 4.92 Å². The van der Waals surface area contributed by atoms with Gasteiger partial charge in [-0.15, -0.1) is 0 Å². The highest BCUT2D eigenvalue weighted by Crippen LogP contribution is 2.13. The Morgan fingerprint density at radius 1 is 1.55 bits per heavy atom. The van der Waals surface area contributed by atoms with E-state index in [1.54, 1.807) is 6.92 Å². The van der Waals surface area contributed by atoms with Crippen LogP contribution in [0.4, 0.5) is 0 Å². The Hall–Kier alpha value is -1.06. The van der Waals surface area contributed by atoms with Crippen molar-refractivity contribution in [3.63, 3.8) is 0 Å². The van der Waals surface area contributed by atoms with Crippen LogP contribution in [0, 0.1) is 10.1 Å². The van der Waals surface area contributed by atoms with Gasteiger partial charge in [-0.05, 0) is 19.8 Å². The summed E-state index contributed by atoms with van der Waals surface area (Å²) in [7, 11) is 0. The van der Waals surface area contributed by atoms with Gasteiger partial charge < -0.3 is 4.90 Å². The van der Waals surface area contributed by atoms with E-state index in [2.05, 4.69) is 0 Å². The van der Waals surface area contributed by atoms with Crippen LogP contribution in [0.3, 0.4) is 0 Å². The van der Waals surface area contributed by atoms with Crippen molar-refractivity contribution in [3.8, 4) is 0 Å². The Morgan fingerprint density at radius 3 is 2.55 bits per heavy atom. The Balaban J connectivity index is 2.51. The van der Waals surface area contributed by atoms with Crippen LogP contribution in [0.1, 0.15) is 19.8 Å². The van der Waals surface area contributed by atoms with Crippen LogP contribution in [-0.2, 0) is 0 Å². The van der Waals surface area contributed by atoms with Crippen molar-refractivity contribution in [2.75, 3.05) is 13.1 Å². The van der Waals surface area contributed by atoms with Gasteiger partial charge in [0.15, 0.2) is 0 Å². The third-order valence-electron chi connectivity index (χ3n) is 1.90. The smallest absolute Gasteiger partial charge is 0.253 e. The lowest BCUT2D eigenvalue weighted by Crippen LogP contribution is -2.17. The third-order valence-corrected chi connectivity index (χ3v) is 1.90. The van der Waals surface area contributed by atoms with Crippen molar-refractivity contribution in [2.24, 2.45) is 0 Å². The number of likely N-dealkylation sites (tertiary alicyclic amines) is 1. The molecule has 0 amide bonds. The molecule has 4 nitrogen and oxygen atoms in total. The van der Waals surface area contributed by atoms with Crippen LogP contribution in [0.2, 0.25) is 0 Å². The van der Waals surface area contributed by atoms with E-state index in [0.29, 0.717) is 0 Å². The van der Waals surface area contributed by atoms with Gasteiger partial charge in [0.1, 0.15) is 0 Å². The fraction of sp³-hybridized carbons (Fsp3) is 0.714. The first kappa shape index (κ1) is 8.04. The molecule has 11 heavy (non-hydrogen) atoms. The first-order chi connectivity index (χ1) is 5.20. The maximum atomic E-state index is 10.1. The van der Waals surface area contributed by atoms with Gasteiger partial charge in [-0.2, -0.15) is 0 Å². The van der Waals surface area contributed by atoms with Gasteiger partial charge >= 0.3 is 0 Å². The van der Waals surface area contributed by atoms with Crippen molar-refractivity contribution >= 4 is 0 Å². The first-order valence-electron chi connectivity index (χ1n) is 3.77. The summed E-state index contributed by atoms with van der Waals surface area (Å²) in [6, 6.07) is 0.